The second kappa shape index (κ2) is 5.77. The Balaban J connectivity index is 1.85. The van der Waals surface area contributed by atoms with Crippen LogP contribution in [0, 0.1) is 0 Å². The van der Waals surface area contributed by atoms with Crippen LogP contribution in [0.2, 0.25) is 0 Å². The maximum atomic E-state index is 12.8. The number of methoxy groups -OCH3 is 1. The number of hydrogen-bond acceptors (Lipinski definition) is 4. The van der Waals surface area contributed by atoms with E-state index in [0.29, 0.717) is 29.6 Å². The molecule has 0 radical (unpaired) electrons. The summed E-state index contributed by atoms with van der Waals surface area (Å²) in [4.78, 5) is 15.9. The standard InChI is InChI=1S/C16H18N2O2S/c1-20-14-8-11(7-12(17)9-14)16(19)18(13-4-5-13)10-15-3-2-6-21-15/h2-3,6-9,13H,4-5,10,17H2,1H3. The van der Waals surface area contributed by atoms with Gasteiger partial charge in [-0.05, 0) is 36.4 Å². The first-order valence-electron chi connectivity index (χ1n) is 6.95. The summed E-state index contributed by atoms with van der Waals surface area (Å²) in [5.74, 6) is 0.640. The quantitative estimate of drug-likeness (QED) is 0.863. The predicted octanol–water partition coefficient (Wildman–Crippen LogP) is 3.14. The maximum absolute atomic E-state index is 12.8. The summed E-state index contributed by atoms with van der Waals surface area (Å²) >= 11 is 1.68. The molecule has 0 spiro atoms. The van der Waals surface area contributed by atoms with Crippen molar-refractivity contribution >= 4 is 22.9 Å². The molecule has 1 aliphatic rings. The maximum Gasteiger partial charge on any atom is 0.254 e. The highest BCUT2D eigenvalue weighted by molar-refractivity contribution is 7.09. The number of nitrogen functional groups attached to an aromatic ring is 1. The van der Waals surface area contributed by atoms with Crippen molar-refractivity contribution in [2.75, 3.05) is 12.8 Å². The van der Waals surface area contributed by atoms with Crippen LogP contribution < -0.4 is 10.5 Å². The summed E-state index contributed by atoms with van der Waals surface area (Å²) in [7, 11) is 1.58. The van der Waals surface area contributed by atoms with Gasteiger partial charge in [-0.2, -0.15) is 0 Å². The number of nitrogens with zero attached hydrogens (tertiary/aromatic N) is 1. The van der Waals surface area contributed by atoms with E-state index in [1.54, 1.807) is 36.6 Å². The lowest BCUT2D eigenvalue weighted by atomic mass is 10.1. The largest absolute Gasteiger partial charge is 0.497 e. The molecule has 2 aromatic rings. The van der Waals surface area contributed by atoms with Crippen LogP contribution in [0.4, 0.5) is 5.69 Å². The number of amides is 1. The molecule has 3 rings (SSSR count). The van der Waals surface area contributed by atoms with Gasteiger partial charge in [0.25, 0.3) is 5.91 Å². The van der Waals surface area contributed by atoms with Crippen molar-refractivity contribution in [1.29, 1.82) is 0 Å². The minimum Gasteiger partial charge on any atom is -0.497 e. The zero-order valence-corrected chi connectivity index (χ0v) is 12.7. The second-order valence-corrected chi connectivity index (χ2v) is 6.27. The van der Waals surface area contributed by atoms with Gasteiger partial charge in [0.15, 0.2) is 0 Å². The van der Waals surface area contributed by atoms with Gasteiger partial charge >= 0.3 is 0 Å². The fraction of sp³-hybridized carbons (Fsp3) is 0.312. The van der Waals surface area contributed by atoms with Gasteiger partial charge in [0, 0.05) is 28.2 Å². The Bertz CT molecular complexity index is 636. The minimum absolute atomic E-state index is 0.0245. The van der Waals surface area contributed by atoms with Crippen LogP contribution in [0.3, 0.4) is 0 Å². The molecule has 4 nitrogen and oxygen atoms in total. The zero-order valence-electron chi connectivity index (χ0n) is 11.9. The number of thiophene rings is 1. The Morgan fingerprint density at radius 3 is 2.86 bits per heavy atom. The Morgan fingerprint density at radius 2 is 2.24 bits per heavy atom. The third kappa shape index (κ3) is 3.19. The average molecular weight is 302 g/mol. The summed E-state index contributed by atoms with van der Waals surface area (Å²) < 4.78 is 5.20. The molecule has 0 atom stereocenters. The fourth-order valence-corrected chi connectivity index (χ4v) is 3.06. The lowest BCUT2D eigenvalue weighted by molar-refractivity contribution is 0.0731. The van der Waals surface area contributed by atoms with Crippen molar-refractivity contribution in [2.24, 2.45) is 0 Å². The lowest BCUT2D eigenvalue weighted by Crippen LogP contribution is -2.32. The van der Waals surface area contributed by atoms with E-state index in [1.807, 2.05) is 16.3 Å². The Morgan fingerprint density at radius 1 is 1.43 bits per heavy atom. The molecule has 1 amide bonds. The molecule has 1 aromatic carbocycles. The summed E-state index contributed by atoms with van der Waals surface area (Å²) in [5, 5.41) is 2.04. The van der Waals surface area contributed by atoms with Crippen LogP contribution in [0.25, 0.3) is 0 Å². The van der Waals surface area contributed by atoms with Crippen molar-refractivity contribution in [1.82, 2.24) is 4.90 Å². The molecule has 1 fully saturated rings. The molecule has 0 bridgehead atoms. The van der Waals surface area contributed by atoms with Gasteiger partial charge < -0.3 is 15.4 Å². The molecule has 0 unspecified atom stereocenters. The van der Waals surface area contributed by atoms with Crippen LogP contribution in [0.1, 0.15) is 28.1 Å². The van der Waals surface area contributed by atoms with Gasteiger partial charge in [-0.25, -0.2) is 0 Å². The summed E-state index contributed by atoms with van der Waals surface area (Å²) in [6.07, 6.45) is 2.16. The van der Waals surface area contributed by atoms with Crippen molar-refractivity contribution in [3.8, 4) is 5.75 Å². The number of ether oxygens (including phenoxy) is 1. The summed E-state index contributed by atoms with van der Waals surface area (Å²) in [5.41, 5.74) is 6.99. The molecule has 1 saturated carbocycles. The van der Waals surface area contributed by atoms with E-state index in [9.17, 15) is 4.79 Å². The average Bonchev–Trinajstić information content (AvgIpc) is 3.20. The number of anilines is 1. The summed E-state index contributed by atoms with van der Waals surface area (Å²) in [6, 6.07) is 9.62. The van der Waals surface area contributed by atoms with Crippen LogP contribution in [0.5, 0.6) is 5.75 Å². The minimum atomic E-state index is 0.0245. The number of carbonyl (C=O) groups excluding carboxylic acids is 1. The molecule has 0 aliphatic heterocycles. The lowest BCUT2D eigenvalue weighted by Gasteiger charge is -2.22. The van der Waals surface area contributed by atoms with E-state index in [4.69, 9.17) is 10.5 Å². The molecule has 5 heteroatoms. The first-order valence-corrected chi connectivity index (χ1v) is 7.83. The number of nitrogens with two attached hydrogens (primary N) is 1. The first-order chi connectivity index (χ1) is 10.2. The highest BCUT2D eigenvalue weighted by atomic mass is 32.1. The van der Waals surface area contributed by atoms with Crippen LogP contribution >= 0.6 is 11.3 Å². The summed E-state index contributed by atoms with van der Waals surface area (Å²) in [6.45, 7) is 0.665. The molecule has 21 heavy (non-hydrogen) atoms. The second-order valence-electron chi connectivity index (χ2n) is 5.24. The van der Waals surface area contributed by atoms with E-state index in [0.717, 1.165) is 12.8 Å². The van der Waals surface area contributed by atoms with Crippen molar-refractivity contribution < 1.29 is 9.53 Å². The van der Waals surface area contributed by atoms with Gasteiger partial charge in [0.05, 0.1) is 13.7 Å². The van der Waals surface area contributed by atoms with Crippen LogP contribution in [-0.2, 0) is 6.54 Å². The predicted molar refractivity (Wildman–Crippen MR) is 84.6 cm³/mol. The van der Waals surface area contributed by atoms with Gasteiger partial charge in [-0.3, -0.25) is 4.79 Å². The number of hydrogen-bond donors (Lipinski definition) is 1. The molecular weight excluding hydrogens is 284 g/mol. The molecule has 110 valence electrons. The molecule has 1 heterocycles. The van der Waals surface area contributed by atoms with Gasteiger partial charge in [-0.1, -0.05) is 6.07 Å². The van der Waals surface area contributed by atoms with Gasteiger partial charge in [0.1, 0.15) is 5.75 Å². The molecule has 1 aromatic heterocycles. The van der Waals surface area contributed by atoms with Crippen molar-refractivity contribution in [3.05, 3.63) is 46.2 Å². The number of carbonyl (C=O) groups is 1. The highest BCUT2D eigenvalue weighted by Crippen LogP contribution is 2.31. The third-order valence-corrected chi connectivity index (χ3v) is 4.43. The van der Waals surface area contributed by atoms with Crippen LogP contribution in [-0.4, -0.2) is 24.0 Å². The number of benzene rings is 1. The smallest absolute Gasteiger partial charge is 0.254 e. The van der Waals surface area contributed by atoms with Gasteiger partial charge in [-0.15, -0.1) is 11.3 Å². The van der Waals surface area contributed by atoms with Gasteiger partial charge in [0.2, 0.25) is 0 Å². The fourth-order valence-electron chi connectivity index (χ4n) is 2.35. The van der Waals surface area contributed by atoms with Crippen molar-refractivity contribution in [2.45, 2.75) is 25.4 Å². The van der Waals surface area contributed by atoms with Crippen LogP contribution in [0.15, 0.2) is 35.7 Å². The van der Waals surface area contributed by atoms with E-state index in [-0.39, 0.29) is 5.91 Å². The Labute approximate surface area is 128 Å². The molecule has 1 aliphatic carbocycles. The topological polar surface area (TPSA) is 55.6 Å². The Kier molecular flexibility index (Phi) is 3.84. The molecular formula is C16H18N2O2S. The monoisotopic (exact) mass is 302 g/mol. The normalized spacial score (nSPS) is 14.0. The van der Waals surface area contributed by atoms with E-state index < -0.39 is 0 Å². The van der Waals surface area contributed by atoms with E-state index in [1.165, 1.54) is 4.88 Å². The first kappa shape index (κ1) is 13.9. The van der Waals surface area contributed by atoms with Crippen molar-refractivity contribution in [3.63, 3.8) is 0 Å². The Hall–Kier alpha value is -2.01. The SMILES string of the molecule is COc1cc(N)cc(C(=O)N(Cc2cccs2)C2CC2)c1. The highest BCUT2D eigenvalue weighted by Gasteiger charge is 2.33. The zero-order chi connectivity index (χ0) is 14.8. The third-order valence-electron chi connectivity index (χ3n) is 3.57. The van der Waals surface area contributed by atoms with E-state index >= 15 is 0 Å². The van der Waals surface area contributed by atoms with E-state index in [2.05, 4.69) is 6.07 Å². The number of rotatable bonds is 5. The molecule has 0 saturated heterocycles. The molecule has 2 N–H and O–H groups in total.